The van der Waals surface area contributed by atoms with Crippen molar-refractivity contribution in [2.75, 3.05) is 13.7 Å². The van der Waals surface area contributed by atoms with Gasteiger partial charge in [0.25, 0.3) is 0 Å². The monoisotopic (exact) mass is 349 g/mol. The summed E-state index contributed by atoms with van der Waals surface area (Å²) in [7, 11) is 1.77. The molecule has 2 atom stereocenters. The lowest BCUT2D eigenvalue weighted by Gasteiger charge is -2.39. The number of rotatable bonds is 7. The number of benzene rings is 2. The number of hydrogen-bond acceptors (Lipinski definition) is 2. The van der Waals surface area contributed by atoms with Crippen molar-refractivity contribution in [1.82, 2.24) is 4.90 Å². The van der Waals surface area contributed by atoms with Gasteiger partial charge < -0.3 is 4.74 Å². The van der Waals surface area contributed by atoms with Gasteiger partial charge in [-0.15, -0.1) is 6.58 Å². The molecule has 0 fully saturated rings. The fourth-order valence-electron chi connectivity index (χ4n) is 4.22. The quantitative estimate of drug-likeness (QED) is 0.624. The highest BCUT2D eigenvalue weighted by atomic mass is 16.5. The number of aryl methyl sites for hydroxylation is 1. The SMILES string of the molecule is C=CCN([C@H]1CCc2c(cccc2OC)C1)[C@H](C)c1ccc(CC)cc1. The van der Waals surface area contributed by atoms with Gasteiger partial charge in [0, 0.05) is 18.6 Å². The van der Waals surface area contributed by atoms with Gasteiger partial charge >= 0.3 is 0 Å². The van der Waals surface area contributed by atoms with Crippen molar-refractivity contribution in [1.29, 1.82) is 0 Å². The van der Waals surface area contributed by atoms with Crippen LogP contribution in [-0.2, 0) is 19.3 Å². The summed E-state index contributed by atoms with van der Waals surface area (Å²) in [6, 6.07) is 16.5. The van der Waals surface area contributed by atoms with Crippen LogP contribution in [-0.4, -0.2) is 24.6 Å². The third-order valence-corrected chi connectivity index (χ3v) is 5.81. The van der Waals surface area contributed by atoms with Gasteiger partial charge in [-0.3, -0.25) is 4.90 Å². The fourth-order valence-corrected chi connectivity index (χ4v) is 4.22. The molecule has 0 saturated heterocycles. The highest BCUT2D eigenvalue weighted by molar-refractivity contribution is 5.42. The lowest BCUT2D eigenvalue weighted by molar-refractivity contribution is 0.147. The zero-order valence-electron chi connectivity index (χ0n) is 16.4. The summed E-state index contributed by atoms with van der Waals surface area (Å²) < 4.78 is 5.56. The zero-order chi connectivity index (χ0) is 18.5. The van der Waals surface area contributed by atoms with E-state index in [0.29, 0.717) is 12.1 Å². The van der Waals surface area contributed by atoms with Gasteiger partial charge in [-0.25, -0.2) is 0 Å². The van der Waals surface area contributed by atoms with Crippen molar-refractivity contribution in [3.63, 3.8) is 0 Å². The van der Waals surface area contributed by atoms with Gasteiger partial charge in [-0.05, 0) is 60.9 Å². The Labute approximate surface area is 158 Å². The molecule has 3 rings (SSSR count). The molecule has 0 heterocycles. The smallest absolute Gasteiger partial charge is 0.122 e. The Morgan fingerprint density at radius 3 is 2.65 bits per heavy atom. The molecule has 1 aliphatic rings. The van der Waals surface area contributed by atoms with Crippen LogP contribution in [0.3, 0.4) is 0 Å². The van der Waals surface area contributed by atoms with Gasteiger partial charge in [-0.2, -0.15) is 0 Å². The normalized spacial score (nSPS) is 17.6. The number of fused-ring (bicyclic) bond motifs is 1. The minimum Gasteiger partial charge on any atom is -0.496 e. The molecule has 0 N–H and O–H groups in total. The molecular weight excluding hydrogens is 318 g/mol. The Morgan fingerprint density at radius 1 is 1.23 bits per heavy atom. The molecule has 0 aromatic heterocycles. The number of nitrogens with zero attached hydrogens (tertiary/aromatic N) is 1. The first-order chi connectivity index (χ1) is 12.7. The Morgan fingerprint density at radius 2 is 2.00 bits per heavy atom. The number of hydrogen-bond donors (Lipinski definition) is 0. The second-order valence-electron chi connectivity index (χ2n) is 7.25. The van der Waals surface area contributed by atoms with E-state index < -0.39 is 0 Å². The lowest BCUT2D eigenvalue weighted by Crippen LogP contribution is -2.41. The highest BCUT2D eigenvalue weighted by Gasteiger charge is 2.28. The van der Waals surface area contributed by atoms with Gasteiger partial charge in [0.2, 0.25) is 0 Å². The van der Waals surface area contributed by atoms with Crippen LogP contribution in [0, 0.1) is 0 Å². The van der Waals surface area contributed by atoms with Crippen LogP contribution in [0.25, 0.3) is 0 Å². The van der Waals surface area contributed by atoms with E-state index in [1.165, 1.54) is 28.7 Å². The third kappa shape index (κ3) is 3.86. The summed E-state index contributed by atoms with van der Waals surface area (Å²) in [5.41, 5.74) is 5.61. The van der Waals surface area contributed by atoms with Crippen molar-refractivity contribution in [2.24, 2.45) is 0 Å². The van der Waals surface area contributed by atoms with Gasteiger partial charge in [0.05, 0.1) is 7.11 Å². The molecule has 0 amide bonds. The summed E-state index contributed by atoms with van der Waals surface area (Å²) in [5, 5.41) is 0. The second-order valence-corrected chi connectivity index (χ2v) is 7.25. The van der Waals surface area contributed by atoms with Crippen LogP contribution in [0.2, 0.25) is 0 Å². The average Bonchev–Trinajstić information content (AvgIpc) is 2.70. The fraction of sp³-hybridized carbons (Fsp3) is 0.417. The molecular formula is C24H31NO. The van der Waals surface area contributed by atoms with Crippen LogP contribution in [0.15, 0.2) is 55.1 Å². The molecule has 2 aromatic rings. The average molecular weight is 350 g/mol. The van der Waals surface area contributed by atoms with Crippen molar-refractivity contribution in [3.05, 3.63) is 77.4 Å². The maximum atomic E-state index is 5.56. The van der Waals surface area contributed by atoms with E-state index in [0.717, 1.165) is 31.6 Å². The van der Waals surface area contributed by atoms with Crippen LogP contribution in [0.5, 0.6) is 5.75 Å². The molecule has 0 aliphatic heterocycles. The van der Waals surface area contributed by atoms with E-state index in [2.05, 4.69) is 67.8 Å². The Bertz CT molecular complexity index is 734. The van der Waals surface area contributed by atoms with Crippen LogP contribution in [0.1, 0.15) is 48.6 Å². The predicted octanol–water partition coefficient (Wildman–Crippen LogP) is 5.36. The standard InChI is InChI=1S/C24H31NO/c1-5-16-25(18(3)20-12-10-19(6-2)11-13-20)22-14-15-23-21(17-22)8-7-9-24(23)26-4/h5,7-13,18,22H,1,6,14-17H2,2-4H3/t18-,22+/m1/s1. The van der Waals surface area contributed by atoms with Gasteiger partial charge in [0.1, 0.15) is 5.75 Å². The van der Waals surface area contributed by atoms with Gasteiger partial charge in [0.15, 0.2) is 0 Å². The van der Waals surface area contributed by atoms with E-state index in [-0.39, 0.29) is 0 Å². The van der Waals surface area contributed by atoms with Crippen LogP contribution >= 0.6 is 0 Å². The predicted molar refractivity (Wildman–Crippen MR) is 110 cm³/mol. The number of methoxy groups -OCH3 is 1. The molecule has 0 unspecified atom stereocenters. The lowest BCUT2D eigenvalue weighted by atomic mass is 9.86. The molecule has 0 saturated carbocycles. The van der Waals surface area contributed by atoms with E-state index in [1.54, 1.807) is 7.11 Å². The largest absolute Gasteiger partial charge is 0.496 e. The Hall–Kier alpha value is -2.06. The summed E-state index contributed by atoms with van der Waals surface area (Å²) in [4.78, 5) is 2.61. The molecule has 0 bridgehead atoms. The number of ether oxygens (including phenoxy) is 1. The summed E-state index contributed by atoms with van der Waals surface area (Å²) in [6.07, 6.45) is 6.46. The molecule has 138 valence electrons. The Kier molecular flexibility index (Phi) is 6.16. The molecule has 2 aromatic carbocycles. The maximum Gasteiger partial charge on any atom is 0.122 e. The van der Waals surface area contributed by atoms with Crippen molar-refractivity contribution in [2.45, 2.75) is 51.6 Å². The van der Waals surface area contributed by atoms with E-state index >= 15 is 0 Å². The zero-order valence-corrected chi connectivity index (χ0v) is 16.4. The van der Waals surface area contributed by atoms with Crippen LogP contribution in [0.4, 0.5) is 0 Å². The minimum absolute atomic E-state index is 0.385. The molecule has 0 radical (unpaired) electrons. The summed E-state index contributed by atoms with van der Waals surface area (Å²) in [5.74, 6) is 1.04. The first-order valence-corrected chi connectivity index (χ1v) is 9.78. The molecule has 1 aliphatic carbocycles. The second kappa shape index (κ2) is 8.55. The molecule has 26 heavy (non-hydrogen) atoms. The van der Waals surface area contributed by atoms with Crippen LogP contribution < -0.4 is 4.74 Å². The summed E-state index contributed by atoms with van der Waals surface area (Å²) in [6.45, 7) is 9.46. The summed E-state index contributed by atoms with van der Waals surface area (Å²) >= 11 is 0. The van der Waals surface area contributed by atoms with Crippen molar-refractivity contribution in [3.8, 4) is 5.75 Å². The van der Waals surface area contributed by atoms with Crippen molar-refractivity contribution < 1.29 is 4.74 Å². The molecule has 2 heteroatoms. The molecule has 2 nitrogen and oxygen atoms in total. The Balaban J connectivity index is 1.82. The topological polar surface area (TPSA) is 12.5 Å². The van der Waals surface area contributed by atoms with Gasteiger partial charge in [-0.1, -0.05) is 49.4 Å². The first kappa shape index (κ1) is 18.7. The van der Waals surface area contributed by atoms with E-state index in [1.807, 2.05) is 6.08 Å². The van der Waals surface area contributed by atoms with Crippen molar-refractivity contribution >= 4 is 0 Å². The molecule has 0 spiro atoms. The van der Waals surface area contributed by atoms with E-state index in [4.69, 9.17) is 4.74 Å². The highest BCUT2D eigenvalue weighted by Crippen LogP contribution is 2.34. The third-order valence-electron chi connectivity index (χ3n) is 5.81. The maximum absolute atomic E-state index is 5.56. The van der Waals surface area contributed by atoms with E-state index in [9.17, 15) is 0 Å². The minimum atomic E-state index is 0.385. The first-order valence-electron chi connectivity index (χ1n) is 9.78.